The maximum absolute atomic E-state index is 13.7. The lowest BCUT2D eigenvalue weighted by Gasteiger charge is -2.13. The molecule has 0 amide bonds. The average molecular weight is 321 g/mol. The van der Waals surface area contributed by atoms with E-state index in [9.17, 15) is 13.9 Å². The number of nitrogens with zero attached hydrogens (tertiary/aromatic N) is 2. The molecule has 0 aliphatic rings. The summed E-state index contributed by atoms with van der Waals surface area (Å²) in [6, 6.07) is 1.73. The van der Waals surface area contributed by atoms with Gasteiger partial charge in [-0.3, -0.25) is 4.68 Å². The first-order valence-electron chi connectivity index (χ1n) is 5.81. The number of halogens is 4. The van der Waals surface area contributed by atoms with E-state index < -0.39 is 17.7 Å². The number of aliphatic hydroxyl groups is 1. The topological polar surface area (TPSA) is 38.0 Å². The zero-order valence-electron chi connectivity index (χ0n) is 10.8. The average Bonchev–Trinajstić information content (AvgIpc) is 2.60. The van der Waals surface area contributed by atoms with Crippen LogP contribution in [0.5, 0.6) is 0 Å². The van der Waals surface area contributed by atoms with Gasteiger partial charge in [0.05, 0.1) is 27.5 Å². The standard InChI is InChI=1S/C13H12Cl2F2N2O/c1-6-13(15)11(19(2)18-6)5-12(20)7-3-10(17)8(14)4-9(7)16/h3-4,12,20H,5H2,1-2H3. The van der Waals surface area contributed by atoms with E-state index in [1.54, 1.807) is 14.0 Å². The third kappa shape index (κ3) is 2.80. The van der Waals surface area contributed by atoms with Crippen molar-refractivity contribution in [2.75, 3.05) is 0 Å². The van der Waals surface area contributed by atoms with Crippen molar-refractivity contribution in [3.8, 4) is 0 Å². The van der Waals surface area contributed by atoms with Gasteiger partial charge < -0.3 is 5.11 Å². The van der Waals surface area contributed by atoms with E-state index in [4.69, 9.17) is 23.2 Å². The third-order valence-corrected chi connectivity index (χ3v) is 3.83. The number of hydrogen-bond acceptors (Lipinski definition) is 2. The highest BCUT2D eigenvalue weighted by Crippen LogP contribution is 2.29. The molecule has 1 atom stereocenters. The Morgan fingerprint density at radius 1 is 1.30 bits per heavy atom. The van der Waals surface area contributed by atoms with Crippen LogP contribution < -0.4 is 0 Å². The molecule has 0 fully saturated rings. The molecule has 1 aromatic carbocycles. The molecule has 0 bridgehead atoms. The number of rotatable bonds is 3. The van der Waals surface area contributed by atoms with Crippen LogP contribution in [0.15, 0.2) is 12.1 Å². The van der Waals surface area contributed by atoms with E-state index in [0.717, 1.165) is 12.1 Å². The van der Waals surface area contributed by atoms with Crippen LogP contribution in [0.4, 0.5) is 8.78 Å². The lowest BCUT2D eigenvalue weighted by atomic mass is 10.0. The van der Waals surface area contributed by atoms with Gasteiger partial charge in [-0.1, -0.05) is 23.2 Å². The van der Waals surface area contributed by atoms with Gasteiger partial charge in [-0.05, 0) is 19.1 Å². The van der Waals surface area contributed by atoms with Crippen molar-refractivity contribution >= 4 is 23.2 Å². The van der Waals surface area contributed by atoms with Gasteiger partial charge >= 0.3 is 0 Å². The van der Waals surface area contributed by atoms with Crippen LogP contribution in [0.1, 0.15) is 23.1 Å². The van der Waals surface area contributed by atoms with Gasteiger partial charge in [-0.15, -0.1) is 0 Å². The molecule has 20 heavy (non-hydrogen) atoms. The highest BCUT2D eigenvalue weighted by atomic mass is 35.5. The largest absolute Gasteiger partial charge is 0.388 e. The minimum Gasteiger partial charge on any atom is -0.388 e. The fraction of sp³-hybridized carbons (Fsp3) is 0.308. The van der Waals surface area contributed by atoms with Crippen molar-refractivity contribution in [1.29, 1.82) is 0 Å². The molecule has 1 aromatic heterocycles. The summed E-state index contributed by atoms with van der Waals surface area (Å²) in [4.78, 5) is 0. The van der Waals surface area contributed by atoms with Crippen molar-refractivity contribution in [3.05, 3.63) is 50.8 Å². The van der Waals surface area contributed by atoms with Crippen LogP contribution in [0.3, 0.4) is 0 Å². The Morgan fingerprint density at radius 3 is 2.50 bits per heavy atom. The molecule has 3 nitrogen and oxygen atoms in total. The molecule has 108 valence electrons. The number of hydrogen-bond donors (Lipinski definition) is 1. The minimum absolute atomic E-state index is 0.0220. The van der Waals surface area contributed by atoms with E-state index in [2.05, 4.69) is 5.10 Å². The van der Waals surface area contributed by atoms with Crippen molar-refractivity contribution in [3.63, 3.8) is 0 Å². The molecule has 0 radical (unpaired) electrons. The monoisotopic (exact) mass is 320 g/mol. The molecule has 0 aliphatic heterocycles. The SMILES string of the molecule is Cc1nn(C)c(CC(O)c2cc(F)c(Cl)cc2F)c1Cl. The first-order chi connectivity index (χ1) is 9.31. The third-order valence-electron chi connectivity index (χ3n) is 3.05. The maximum Gasteiger partial charge on any atom is 0.142 e. The second-order valence-corrected chi connectivity index (χ2v) is 5.26. The first-order valence-corrected chi connectivity index (χ1v) is 6.57. The van der Waals surface area contributed by atoms with E-state index in [0.29, 0.717) is 16.4 Å². The van der Waals surface area contributed by atoms with E-state index in [-0.39, 0.29) is 17.0 Å². The quantitative estimate of drug-likeness (QED) is 0.878. The van der Waals surface area contributed by atoms with Crippen LogP contribution in [-0.4, -0.2) is 14.9 Å². The number of benzene rings is 1. The summed E-state index contributed by atoms with van der Waals surface area (Å²) in [7, 11) is 1.67. The van der Waals surface area contributed by atoms with Crippen LogP contribution in [0.2, 0.25) is 10.0 Å². The van der Waals surface area contributed by atoms with Crippen LogP contribution in [0.25, 0.3) is 0 Å². The molecule has 7 heteroatoms. The van der Waals surface area contributed by atoms with Crippen molar-refractivity contribution in [2.24, 2.45) is 7.05 Å². The van der Waals surface area contributed by atoms with Gasteiger partial charge in [0.25, 0.3) is 0 Å². The summed E-state index contributed by atoms with van der Waals surface area (Å²) in [5.41, 5.74) is 0.993. The predicted molar refractivity (Wildman–Crippen MR) is 73.0 cm³/mol. The van der Waals surface area contributed by atoms with E-state index in [1.807, 2.05) is 0 Å². The van der Waals surface area contributed by atoms with Crippen LogP contribution >= 0.6 is 23.2 Å². The van der Waals surface area contributed by atoms with Gasteiger partial charge in [0, 0.05) is 19.0 Å². The highest BCUT2D eigenvalue weighted by molar-refractivity contribution is 6.31. The zero-order chi connectivity index (χ0) is 15.0. The normalized spacial score (nSPS) is 12.8. The fourth-order valence-electron chi connectivity index (χ4n) is 1.99. The van der Waals surface area contributed by atoms with E-state index in [1.165, 1.54) is 4.68 Å². The molecule has 1 N–H and O–H groups in total. The second-order valence-electron chi connectivity index (χ2n) is 4.48. The Kier molecular flexibility index (Phi) is 4.32. The molecule has 0 aliphatic carbocycles. The highest BCUT2D eigenvalue weighted by Gasteiger charge is 2.20. The van der Waals surface area contributed by atoms with Crippen molar-refractivity contribution in [2.45, 2.75) is 19.4 Å². The molecule has 0 spiro atoms. The number of aliphatic hydroxyl groups excluding tert-OH is 1. The number of aryl methyl sites for hydroxylation is 2. The summed E-state index contributed by atoms with van der Waals surface area (Å²) in [5.74, 6) is -1.55. The Bertz CT molecular complexity index is 658. The Balaban J connectivity index is 2.33. The molecular weight excluding hydrogens is 309 g/mol. The predicted octanol–water partition coefficient (Wildman–Crippen LogP) is 3.59. The Morgan fingerprint density at radius 2 is 1.95 bits per heavy atom. The maximum atomic E-state index is 13.7. The molecule has 1 heterocycles. The van der Waals surface area contributed by atoms with Gasteiger partial charge in [0.2, 0.25) is 0 Å². The number of aromatic nitrogens is 2. The summed E-state index contributed by atoms with van der Waals surface area (Å²) < 4.78 is 28.6. The molecule has 2 rings (SSSR count). The van der Waals surface area contributed by atoms with E-state index >= 15 is 0 Å². The summed E-state index contributed by atoms with van der Waals surface area (Å²) in [6.45, 7) is 1.72. The van der Waals surface area contributed by atoms with Gasteiger partial charge in [0.15, 0.2) is 0 Å². The lowest BCUT2D eigenvalue weighted by molar-refractivity contribution is 0.170. The molecule has 1 unspecified atom stereocenters. The Hall–Kier alpha value is -1.17. The summed E-state index contributed by atoms with van der Waals surface area (Å²) >= 11 is 11.5. The molecule has 2 aromatic rings. The second kappa shape index (κ2) is 5.68. The Labute approximate surface area is 124 Å². The minimum atomic E-state index is -1.24. The van der Waals surface area contributed by atoms with Gasteiger partial charge in [-0.25, -0.2) is 8.78 Å². The lowest BCUT2D eigenvalue weighted by Crippen LogP contribution is -2.09. The fourth-order valence-corrected chi connectivity index (χ4v) is 2.38. The summed E-state index contributed by atoms with van der Waals surface area (Å²) in [5, 5.41) is 14.3. The van der Waals surface area contributed by atoms with Crippen molar-refractivity contribution in [1.82, 2.24) is 9.78 Å². The molecule has 0 saturated carbocycles. The zero-order valence-corrected chi connectivity index (χ0v) is 12.3. The molecule has 0 saturated heterocycles. The molecular formula is C13H12Cl2F2N2O. The van der Waals surface area contributed by atoms with Crippen LogP contribution in [-0.2, 0) is 13.5 Å². The van der Waals surface area contributed by atoms with Gasteiger partial charge in [0.1, 0.15) is 11.6 Å². The van der Waals surface area contributed by atoms with Crippen molar-refractivity contribution < 1.29 is 13.9 Å². The summed E-state index contributed by atoms with van der Waals surface area (Å²) in [6.07, 6.45) is -1.22. The first kappa shape index (κ1) is 15.2. The smallest absolute Gasteiger partial charge is 0.142 e. The van der Waals surface area contributed by atoms with Crippen LogP contribution in [0, 0.1) is 18.6 Å². The van der Waals surface area contributed by atoms with Gasteiger partial charge in [-0.2, -0.15) is 5.10 Å².